The van der Waals surface area contributed by atoms with Crippen molar-refractivity contribution in [3.63, 3.8) is 0 Å². The minimum Gasteiger partial charge on any atom is -0.441 e. The summed E-state index contributed by atoms with van der Waals surface area (Å²) in [5.41, 5.74) is 0.955. The fourth-order valence-electron chi connectivity index (χ4n) is 4.59. The Morgan fingerprint density at radius 2 is 1.84 bits per heavy atom. The molecule has 1 aliphatic carbocycles. The summed E-state index contributed by atoms with van der Waals surface area (Å²) < 4.78 is 11.0. The van der Waals surface area contributed by atoms with Crippen molar-refractivity contribution in [1.29, 1.82) is 0 Å². The van der Waals surface area contributed by atoms with E-state index in [9.17, 15) is 4.79 Å². The monoisotopic (exact) mass is 420 g/mol. The molecule has 3 aromatic rings. The lowest BCUT2D eigenvalue weighted by molar-refractivity contribution is -0.121. The van der Waals surface area contributed by atoms with Gasteiger partial charge in [-0.1, -0.05) is 12.1 Å². The molecule has 1 amide bonds. The molecule has 162 valence electrons. The molecule has 2 aliphatic rings. The number of aryl methyl sites for hydroxylation is 1. The predicted octanol–water partition coefficient (Wildman–Crippen LogP) is 4.03. The molecule has 0 bridgehead atoms. The van der Waals surface area contributed by atoms with E-state index in [0.29, 0.717) is 23.8 Å². The summed E-state index contributed by atoms with van der Waals surface area (Å²) in [5.74, 6) is 2.08. The first kappa shape index (κ1) is 20.2. The average Bonchev–Trinajstić information content (AvgIpc) is 3.18. The molecule has 1 saturated carbocycles. The normalized spacial score (nSPS) is 21.9. The Morgan fingerprint density at radius 3 is 2.52 bits per heavy atom. The van der Waals surface area contributed by atoms with Crippen LogP contribution in [0.5, 0.6) is 0 Å². The first-order chi connectivity index (χ1) is 15.1. The number of ether oxygens (including phenoxy) is 1. The van der Waals surface area contributed by atoms with Gasteiger partial charge in [-0.2, -0.15) is 0 Å². The third kappa shape index (κ3) is 4.20. The number of anilines is 1. The first-order valence-corrected chi connectivity index (χ1v) is 11.0. The molecule has 5 rings (SSSR count). The lowest BCUT2D eigenvalue weighted by Crippen LogP contribution is -2.52. The second kappa shape index (κ2) is 8.40. The van der Waals surface area contributed by atoms with Crippen molar-refractivity contribution in [2.24, 2.45) is 5.92 Å². The number of likely N-dealkylation sites (N-methyl/N-ethyl adjacent to an activating group) is 1. The molecule has 0 radical (unpaired) electrons. The molecule has 1 aliphatic heterocycles. The lowest BCUT2D eigenvalue weighted by atomic mass is 9.84. The number of hydrogen-bond donors (Lipinski definition) is 1. The molecular weight excluding hydrogens is 392 g/mol. The second-order valence-corrected chi connectivity index (χ2v) is 8.73. The highest BCUT2D eigenvalue weighted by Crippen LogP contribution is 2.30. The van der Waals surface area contributed by atoms with E-state index in [0.717, 1.165) is 61.0 Å². The lowest BCUT2D eigenvalue weighted by Gasteiger charge is -2.42. The number of amides is 1. The number of pyridine rings is 1. The van der Waals surface area contributed by atoms with E-state index in [4.69, 9.17) is 9.15 Å². The summed E-state index contributed by atoms with van der Waals surface area (Å²) in [5, 5.41) is 5.06. The van der Waals surface area contributed by atoms with Gasteiger partial charge in [-0.15, -0.1) is 0 Å². The van der Waals surface area contributed by atoms with Gasteiger partial charge in [0.2, 0.25) is 5.91 Å². The van der Waals surface area contributed by atoms with Crippen LogP contribution in [0.2, 0.25) is 0 Å². The Hall–Kier alpha value is -2.77. The van der Waals surface area contributed by atoms with E-state index in [1.54, 1.807) is 12.4 Å². The molecule has 2 fully saturated rings. The number of benzene rings is 1. The maximum atomic E-state index is 12.9. The molecule has 1 N–H and O–H groups in total. The second-order valence-electron chi connectivity index (χ2n) is 8.73. The van der Waals surface area contributed by atoms with Crippen molar-refractivity contribution >= 4 is 22.5 Å². The van der Waals surface area contributed by atoms with Crippen molar-refractivity contribution in [2.45, 2.75) is 44.7 Å². The number of carbonyl (C=O) groups is 1. The van der Waals surface area contributed by atoms with Crippen molar-refractivity contribution in [1.82, 2.24) is 14.9 Å². The number of nitrogens with zero attached hydrogens (tertiary/aromatic N) is 3. The van der Waals surface area contributed by atoms with Crippen LogP contribution in [0.15, 0.2) is 41.1 Å². The summed E-state index contributed by atoms with van der Waals surface area (Å²) in [7, 11) is 2.19. The molecule has 2 aromatic heterocycles. The zero-order chi connectivity index (χ0) is 21.4. The molecular formula is C24H28N4O3. The van der Waals surface area contributed by atoms with Crippen LogP contribution in [0.4, 0.5) is 5.82 Å². The molecule has 0 atom stereocenters. The Kier molecular flexibility index (Phi) is 5.46. The number of rotatable bonds is 5. The van der Waals surface area contributed by atoms with Crippen LogP contribution in [0, 0.1) is 12.8 Å². The Balaban J connectivity index is 1.24. The molecule has 7 heteroatoms. The highest BCUT2D eigenvalue weighted by Gasteiger charge is 2.33. The largest absolute Gasteiger partial charge is 0.441 e. The number of carbonyl (C=O) groups excluding carboxylic acids is 1. The van der Waals surface area contributed by atoms with E-state index in [-0.39, 0.29) is 11.8 Å². The average molecular weight is 421 g/mol. The first-order valence-electron chi connectivity index (χ1n) is 11.0. The zero-order valence-corrected chi connectivity index (χ0v) is 18.0. The zero-order valence-electron chi connectivity index (χ0n) is 18.0. The summed E-state index contributed by atoms with van der Waals surface area (Å²) in [4.78, 5) is 23.9. The molecule has 1 saturated heterocycles. The van der Waals surface area contributed by atoms with Gasteiger partial charge < -0.3 is 14.5 Å². The molecule has 3 heterocycles. The minimum absolute atomic E-state index is 0.0447. The van der Waals surface area contributed by atoms with E-state index in [2.05, 4.69) is 27.2 Å². The fourth-order valence-corrected chi connectivity index (χ4v) is 4.59. The van der Waals surface area contributed by atoms with Crippen LogP contribution in [-0.4, -0.2) is 53.1 Å². The fraction of sp³-hybridized carbons (Fsp3) is 0.458. The van der Waals surface area contributed by atoms with Crippen LogP contribution in [0.25, 0.3) is 22.1 Å². The van der Waals surface area contributed by atoms with Gasteiger partial charge in [0.15, 0.2) is 11.7 Å². The van der Waals surface area contributed by atoms with Crippen molar-refractivity contribution < 1.29 is 13.9 Å². The third-order valence-corrected chi connectivity index (χ3v) is 6.72. The van der Waals surface area contributed by atoms with Crippen molar-refractivity contribution in [3.8, 4) is 11.3 Å². The standard InChI is InChI=1S/C24H28N4O3/c1-15-25-12-22(31-15)17-3-4-18-11-26-23(10-19(18)9-17)27-24(29)16-5-7-20(8-6-16)28(2)21-13-30-14-21/h3-4,9-12,16,20-21H,5-8,13-14H2,1-2H3,(H,26,27,29)/t16-,20-. The van der Waals surface area contributed by atoms with Crippen LogP contribution < -0.4 is 5.32 Å². The summed E-state index contributed by atoms with van der Waals surface area (Å²) in [6.45, 7) is 3.50. The maximum absolute atomic E-state index is 12.9. The van der Waals surface area contributed by atoms with Crippen LogP contribution in [0.3, 0.4) is 0 Å². The predicted molar refractivity (Wildman–Crippen MR) is 119 cm³/mol. The van der Waals surface area contributed by atoms with Gasteiger partial charge in [-0.25, -0.2) is 9.97 Å². The Labute approximate surface area is 181 Å². The summed E-state index contributed by atoms with van der Waals surface area (Å²) in [6.07, 6.45) is 7.46. The molecule has 0 unspecified atom stereocenters. The van der Waals surface area contributed by atoms with Crippen molar-refractivity contribution in [2.75, 3.05) is 25.6 Å². The highest BCUT2D eigenvalue weighted by molar-refractivity contribution is 5.94. The number of fused-ring (bicyclic) bond motifs is 1. The third-order valence-electron chi connectivity index (χ3n) is 6.72. The number of hydrogen-bond acceptors (Lipinski definition) is 6. The van der Waals surface area contributed by atoms with E-state index >= 15 is 0 Å². The van der Waals surface area contributed by atoms with Gasteiger partial charge in [-0.05, 0) is 50.2 Å². The van der Waals surface area contributed by atoms with Gasteiger partial charge in [0.25, 0.3) is 0 Å². The van der Waals surface area contributed by atoms with E-state index in [1.807, 2.05) is 31.2 Å². The molecule has 0 spiro atoms. The van der Waals surface area contributed by atoms with E-state index in [1.165, 1.54) is 0 Å². The van der Waals surface area contributed by atoms with Gasteiger partial charge in [0.1, 0.15) is 5.82 Å². The van der Waals surface area contributed by atoms with Gasteiger partial charge in [-0.3, -0.25) is 9.69 Å². The van der Waals surface area contributed by atoms with Gasteiger partial charge >= 0.3 is 0 Å². The van der Waals surface area contributed by atoms with Crippen LogP contribution in [0.1, 0.15) is 31.6 Å². The van der Waals surface area contributed by atoms with Crippen LogP contribution in [-0.2, 0) is 9.53 Å². The quantitative estimate of drug-likeness (QED) is 0.671. The smallest absolute Gasteiger partial charge is 0.228 e. The Bertz CT molecular complexity index is 1080. The highest BCUT2D eigenvalue weighted by atomic mass is 16.5. The SMILES string of the molecule is Cc1ncc(-c2ccc3cnc(NC(=O)[C@H]4CC[C@H](N(C)C5COC5)CC4)cc3c2)o1. The Morgan fingerprint density at radius 1 is 1.03 bits per heavy atom. The summed E-state index contributed by atoms with van der Waals surface area (Å²) >= 11 is 0. The van der Waals surface area contributed by atoms with E-state index < -0.39 is 0 Å². The minimum atomic E-state index is 0.0447. The number of nitrogens with one attached hydrogen (secondary N) is 1. The number of aromatic nitrogens is 2. The van der Waals surface area contributed by atoms with Crippen LogP contribution >= 0.6 is 0 Å². The van der Waals surface area contributed by atoms with Crippen molar-refractivity contribution in [3.05, 3.63) is 42.5 Å². The molecule has 31 heavy (non-hydrogen) atoms. The molecule has 7 nitrogen and oxygen atoms in total. The maximum Gasteiger partial charge on any atom is 0.228 e. The van der Waals surface area contributed by atoms with Gasteiger partial charge in [0, 0.05) is 36.0 Å². The van der Waals surface area contributed by atoms with Gasteiger partial charge in [0.05, 0.1) is 25.5 Å². The topological polar surface area (TPSA) is 80.5 Å². The summed E-state index contributed by atoms with van der Waals surface area (Å²) in [6, 6.07) is 9.06. The molecule has 1 aromatic carbocycles. The number of oxazole rings is 1.